The summed E-state index contributed by atoms with van der Waals surface area (Å²) in [7, 11) is 0. The highest BCUT2D eigenvalue weighted by Gasteiger charge is 2.13. The molecule has 1 aromatic carbocycles. The lowest BCUT2D eigenvalue weighted by molar-refractivity contribution is 0.0767. The van der Waals surface area contributed by atoms with E-state index in [4.69, 9.17) is 0 Å². The predicted molar refractivity (Wildman–Crippen MR) is 68.5 cm³/mol. The van der Waals surface area contributed by atoms with Gasteiger partial charge in [-0.15, -0.1) is 0 Å². The highest BCUT2D eigenvalue weighted by atomic mass is 19.1. The van der Waals surface area contributed by atoms with Crippen molar-refractivity contribution in [2.75, 3.05) is 6.54 Å². The summed E-state index contributed by atoms with van der Waals surface area (Å²) < 4.78 is 12.9. The summed E-state index contributed by atoms with van der Waals surface area (Å²) in [4.78, 5) is 0. The molecule has 0 fully saturated rings. The van der Waals surface area contributed by atoms with Crippen LogP contribution in [-0.4, -0.2) is 23.3 Å². The molecule has 0 radical (unpaired) electrons. The number of halogens is 1. The molecular formula is C14H22FNO. The normalized spacial score (nSPS) is 13.7. The lowest BCUT2D eigenvalue weighted by Crippen LogP contribution is -2.39. The molecular weight excluding hydrogens is 217 g/mol. The second-order valence-corrected chi connectivity index (χ2v) is 5.26. The summed E-state index contributed by atoms with van der Waals surface area (Å²) in [6.45, 7) is 6.20. The molecule has 0 saturated heterocycles. The van der Waals surface area contributed by atoms with Crippen molar-refractivity contribution in [1.29, 1.82) is 0 Å². The van der Waals surface area contributed by atoms with Crippen LogP contribution in [0.3, 0.4) is 0 Å². The summed E-state index contributed by atoms with van der Waals surface area (Å²) in [6, 6.07) is 7.01. The standard InChI is InChI=1S/C14H22FNO/c1-11(16-10-14(2,3)17)7-8-12-5-4-6-13(15)9-12/h4-6,9,11,16-17H,7-8,10H2,1-3H3. The molecule has 2 nitrogen and oxygen atoms in total. The first-order valence-electron chi connectivity index (χ1n) is 6.07. The third-order valence-electron chi connectivity index (χ3n) is 2.64. The zero-order valence-electron chi connectivity index (χ0n) is 10.8. The van der Waals surface area contributed by atoms with Crippen molar-refractivity contribution >= 4 is 0 Å². The van der Waals surface area contributed by atoms with E-state index in [-0.39, 0.29) is 5.82 Å². The number of hydrogen-bond acceptors (Lipinski definition) is 2. The molecule has 0 heterocycles. The van der Waals surface area contributed by atoms with E-state index in [1.54, 1.807) is 26.0 Å². The monoisotopic (exact) mass is 239 g/mol. The van der Waals surface area contributed by atoms with Crippen LogP contribution in [0.2, 0.25) is 0 Å². The van der Waals surface area contributed by atoms with Gasteiger partial charge in [-0.3, -0.25) is 0 Å². The van der Waals surface area contributed by atoms with Crippen molar-refractivity contribution in [3.05, 3.63) is 35.6 Å². The van der Waals surface area contributed by atoms with Crippen LogP contribution in [0.15, 0.2) is 24.3 Å². The Morgan fingerprint density at radius 1 is 1.41 bits per heavy atom. The number of aliphatic hydroxyl groups is 1. The second kappa shape index (κ2) is 6.12. The molecule has 1 rings (SSSR count). The van der Waals surface area contributed by atoms with Gasteiger partial charge < -0.3 is 10.4 Å². The van der Waals surface area contributed by atoms with E-state index < -0.39 is 5.60 Å². The molecule has 0 aliphatic carbocycles. The lowest BCUT2D eigenvalue weighted by Gasteiger charge is -2.21. The molecule has 0 aliphatic rings. The Morgan fingerprint density at radius 2 is 2.12 bits per heavy atom. The van der Waals surface area contributed by atoms with Crippen LogP contribution in [0.1, 0.15) is 32.8 Å². The summed E-state index contributed by atoms with van der Waals surface area (Å²) in [5, 5.41) is 12.8. The van der Waals surface area contributed by atoms with E-state index in [0.717, 1.165) is 18.4 Å². The molecule has 96 valence electrons. The maximum absolute atomic E-state index is 12.9. The van der Waals surface area contributed by atoms with Gasteiger partial charge in [0.25, 0.3) is 0 Å². The van der Waals surface area contributed by atoms with Gasteiger partial charge in [0.1, 0.15) is 5.82 Å². The fourth-order valence-corrected chi connectivity index (χ4v) is 1.60. The van der Waals surface area contributed by atoms with Crippen LogP contribution in [0.25, 0.3) is 0 Å². The van der Waals surface area contributed by atoms with Crippen LogP contribution in [-0.2, 0) is 6.42 Å². The summed E-state index contributed by atoms with van der Waals surface area (Å²) in [5.74, 6) is -0.181. The quantitative estimate of drug-likeness (QED) is 0.799. The largest absolute Gasteiger partial charge is 0.389 e. The van der Waals surface area contributed by atoms with E-state index in [9.17, 15) is 9.50 Å². The van der Waals surface area contributed by atoms with Gasteiger partial charge >= 0.3 is 0 Å². The fraction of sp³-hybridized carbons (Fsp3) is 0.571. The highest BCUT2D eigenvalue weighted by Crippen LogP contribution is 2.08. The van der Waals surface area contributed by atoms with Gasteiger partial charge in [-0.1, -0.05) is 12.1 Å². The molecule has 3 heteroatoms. The Balaban J connectivity index is 2.31. The Bertz CT molecular complexity index is 346. The fourth-order valence-electron chi connectivity index (χ4n) is 1.60. The summed E-state index contributed by atoms with van der Waals surface area (Å²) in [6.07, 6.45) is 1.78. The second-order valence-electron chi connectivity index (χ2n) is 5.26. The minimum Gasteiger partial charge on any atom is -0.389 e. The maximum atomic E-state index is 12.9. The van der Waals surface area contributed by atoms with Crippen molar-refractivity contribution in [3.63, 3.8) is 0 Å². The molecule has 17 heavy (non-hydrogen) atoms. The smallest absolute Gasteiger partial charge is 0.123 e. The van der Waals surface area contributed by atoms with Crippen LogP contribution in [0.5, 0.6) is 0 Å². The number of nitrogens with one attached hydrogen (secondary N) is 1. The molecule has 1 atom stereocenters. The molecule has 0 saturated carbocycles. The summed E-state index contributed by atoms with van der Waals surface area (Å²) in [5.41, 5.74) is 0.328. The van der Waals surface area contributed by atoms with Crippen LogP contribution in [0, 0.1) is 5.82 Å². The van der Waals surface area contributed by atoms with Crippen molar-refractivity contribution in [2.24, 2.45) is 0 Å². The first kappa shape index (κ1) is 14.1. The zero-order chi connectivity index (χ0) is 12.9. The molecule has 2 N–H and O–H groups in total. The van der Waals surface area contributed by atoms with Crippen LogP contribution >= 0.6 is 0 Å². The third kappa shape index (κ3) is 6.39. The van der Waals surface area contributed by atoms with Gasteiger partial charge in [0.15, 0.2) is 0 Å². The van der Waals surface area contributed by atoms with Crippen molar-refractivity contribution < 1.29 is 9.50 Å². The Morgan fingerprint density at radius 3 is 2.71 bits per heavy atom. The Labute approximate surface area is 103 Å². The Kier molecular flexibility index (Phi) is 5.09. The number of hydrogen-bond donors (Lipinski definition) is 2. The van der Waals surface area contributed by atoms with E-state index in [1.165, 1.54) is 6.07 Å². The lowest BCUT2D eigenvalue weighted by atomic mass is 10.0. The van der Waals surface area contributed by atoms with Gasteiger partial charge in [0.2, 0.25) is 0 Å². The number of rotatable bonds is 6. The molecule has 0 amide bonds. The predicted octanol–water partition coefficient (Wildman–Crippen LogP) is 2.51. The molecule has 0 aromatic heterocycles. The first-order valence-corrected chi connectivity index (χ1v) is 6.07. The minimum atomic E-state index is -0.687. The number of aryl methyl sites for hydroxylation is 1. The van der Waals surface area contributed by atoms with Crippen molar-refractivity contribution in [1.82, 2.24) is 5.32 Å². The molecule has 0 spiro atoms. The van der Waals surface area contributed by atoms with Crippen molar-refractivity contribution in [3.8, 4) is 0 Å². The average molecular weight is 239 g/mol. The number of benzene rings is 1. The minimum absolute atomic E-state index is 0.181. The van der Waals surface area contributed by atoms with Gasteiger partial charge in [0, 0.05) is 12.6 Å². The SMILES string of the molecule is CC(CCc1cccc(F)c1)NCC(C)(C)O. The van der Waals surface area contributed by atoms with Gasteiger partial charge in [-0.25, -0.2) is 4.39 Å². The van der Waals surface area contributed by atoms with Gasteiger partial charge in [0.05, 0.1) is 5.60 Å². The maximum Gasteiger partial charge on any atom is 0.123 e. The summed E-state index contributed by atoms with van der Waals surface area (Å²) >= 11 is 0. The van der Waals surface area contributed by atoms with E-state index in [2.05, 4.69) is 12.2 Å². The zero-order valence-corrected chi connectivity index (χ0v) is 10.8. The third-order valence-corrected chi connectivity index (χ3v) is 2.64. The van der Waals surface area contributed by atoms with E-state index in [0.29, 0.717) is 12.6 Å². The van der Waals surface area contributed by atoms with Crippen molar-refractivity contribution in [2.45, 2.75) is 45.3 Å². The first-order chi connectivity index (χ1) is 7.87. The van der Waals surface area contributed by atoms with Crippen LogP contribution < -0.4 is 5.32 Å². The molecule has 1 unspecified atom stereocenters. The van der Waals surface area contributed by atoms with Crippen LogP contribution in [0.4, 0.5) is 4.39 Å². The topological polar surface area (TPSA) is 32.3 Å². The molecule has 0 aliphatic heterocycles. The molecule has 1 aromatic rings. The van der Waals surface area contributed by atoms with E-state index >= 15 is 0 Å². The molecule has 0 bridgehead atoms. The van der Waals surface area contributed by atoms with E-state index in [1.807, 2.05) is 6.07 Å². The van der Waals surface area contributed by atoms with Gasteiger partial charge in [-0.2, -0.15) is 0 Å². The van der Waals surface area contributed by atoms with Gasteiger partial charge in [-0.05, 0) is 51.3 Å². The average Bonchev–Trinajstić information content (AvgIpc) is 2.23. The Hall–Kier alpha value is -0.930. The highest BCUT2D eigenvalue weighted by molar-refractivity contribution is 5.16.